The molecule has 0 saturated carbocycles. The van der Waals surface area contributed by atoms with E-state index in [0.717, 1.165) is 47.2 Å². The number of fused-ring (bicyclic) bond motifs is 1. The molecule has 1 amide bonds. The molecule has 8 heteroatoms. The number of nitrogens with zero attached hydrogens (tertiary/aromatic N) is 3. The lowest BCUT2D eigenvalue weighted by atomic mass is 10.2. The van der Waals surface area contributed by atoms with Gasteiger partial charge in [0.15, 0.2) is 5.13 Å². The minimum Gasteiger partial charge on any atom is -0.497 e. The second kappa shape index (κ2) is 8.34. The average Bonchev–Trinajstić information content (AvgIpc) is 3.10. The highest BCUT2D eigenvalue weighted by molar-refractivity contribution is 7.22. The molecule has 2 aromatic carbocycles. The number of carbonyl (C=O) groups excluding carboxylic acids is 1. The quantitative estimate of drug-likeness (QED) is 0.687. The molecule has 1 saturated heterocycles. The van der Waals surface area contributed by atoms with E-state index in [4.69, 9.17) is 16.3 Å². The first-order chi connectivity index (χ1) is 13.6. The van der Waals surface area contributed by atoms with Gasteiger partial charge in [0.1, 0.15) is 5.75 Å². The number of amides is 1. The Kier molecular flexibility index (Phi) is 5.66. The summed E-state index contributed by atoms with van der Waals surface area (Å²) in [4.78, 5) is 21.4. The van der Waals surface area contributed by atoms with Crippen LogP contribution in [0.5, 0.6) is 5.75 Å². The summed E-state index contributed by atoms with van der Waals surface area (Å²) >= 11 is 7.41. The SMILES string of the molecule is COc1ccc2nc(NC(=O)CN3CCN(c4ccc(Cl)cc4)CC3)sc2c1. The first kappa shape index (κ1) is 19.0. The highest BCUT2D eigenvalue weighted by atomic mass is 35.5. The van der Waals surface area contributed by atoms with Crippen LogP contribution in [0.1, 0.15) is 0 Å². The van der Waals surface area contributed by atoms with Gasteiger partial charge in [-0.05, 0) is 42.5 Å². The molecule has 0 unspecified atom stereocenters. The van der Waals surface area contributed by atoms with Gasteiger partial charge in [0.2, 0.25) is 5.91 Å². The van der Waals surface area contributed by atoms with Crippen molar-refractivity contribution in [3.63, 3.8) is 0 Å². The summed E-state index contributed by atoms with van der Waals surface area (Å²) in [7, 11) is 1.64. The molecule has 1 aromatic heterocycles. The number of anilines is 2. The van der Waals surface area contributed by atoms with Gasteiger partial charge < -0.3 is 15.0 Å². The zero-order chi connectivity index (χ0) is 19.5. The smallest absolute Gasteiger partial charge is 0.240 e. The molecule has 0 radical (unpaired) electrons. The number of nitrogens with one attached hydrogen (secondary N) is 1. The van der Waals surface area contributed by atoms with Gasteiger partial charge in [0.25, 0.3) is 0 Å². The third-order valence-electron chi connectivity index (χ3n) is 4.77. The Morgan fingerprint density at radius 2 is 1.93 bits per heavy atom. The van der Waals surface area contributed by atoms with Crippen LogP contribution in [0.4, 0.5) is 10.8 Å². The lowest BCUT2D eigenvalue weighted by molar-refractivity contribution is -0.117. The third-order valence-corrected chi connectivity index (χ3v) is 5.96. The molecule has 1 aliphatic heterocycles. The maximum absolute atomic E-state index is 12.4. The molecule has 0 atom stereocenters. The van der Waals surface area contributed by atoms with Crippen LogP contribution in [0.25, 0.3) is 10.2 Å². The van der Waals surface area contributed by atoms with Gasteiger partial charge in [-0.25, -0.2) is 4.98 Å². The van der Waals surface area contributed by atoms with Gasteiger partial charge in [0, 0.05) is 36.9 Å². The molecule has 0 bridgehead atoms. The standard InChI is InChI=1S/C20H21ClN4O2S/c1-27-16-6-7-17-18(12-16)28-20(22-17)23-19(26)13-24-8-10-25(11-9-24)15-4-2-14(21)3-5-15/h2-7,12H,8-11,13H2,1H3,(H,22,23,26). The fourth-order valence-electron chi connectivity index (χ4n) is 3.26. The predicted octanol–water partition coefficient (Wildman–Crippen LogP) is 3.72. The molecule has 2 heterocycles. The number of halogens is 1. The van der Waals surface area contributed by atoms with Crippen molar-refractivity contribution in [1.29, 1.82) is 0 Å². The highest BCUT2D eigenvalue weighted by Crippen LogP contribution is 2.29. The number of methoxy groups -OCH3 is 1. The summed E-state index contributed by atoms with van der Waals surface area (Å²) in [6.07, 6.45) is 0. The Balaban J connectivity index is 1.30. The fraction of sp³-hybridized carbons (Fsp3) is 0.300. The van der Waals surface area contributed by atoms with Crippen LogP contribution in [0.3, 0.4) is 0 Å². The van der Waals surface area contributed by atoms with E-state index >= 15 is 0 Å². The van der Waals surface area contributed by atoms with Gasteiger partial charge in [-0.15, -0.1) is 0 Å². The van der Waals surface area contributed by atoms with Crippen molar-refractivity contribution in [3.05, 3.63) is 47.5 Å². The van der Waals surface area contributed by atoms with Crippen molar-refractivity contribution in [1.82, 2.24) is 9.88 Å². The number of aromatic nitrogens is 1. The number of benzene rings is 2. The van der Waals surface area contributed by atoms with Gasteiger partial charge in [-0.1, -0.05) is 22.9 Å². The summed E-state index contributed by atoms with van der Waals surface area (Å²) in [6.45, 7) is 3.82. The monoisotopic (exact) mass is 416 g/mol. The number of rotatable bonds is 5. The minimum absolute atomic E-state index is 0.0361. The molecular weight excluding hydrogens is 396 g/mol. The summed E-state index contributed by atoms with van der Waals surface area (Å²) in [5.74, 6) is 0.749. The number of piperazine rings is 1. The molecule has 3 aromatic rings. The van der Waals surface area contributed by atoms with E-state index < -0.39 is 0 Å². The molecule has 0 aliphatic carbocycles. The number of carbonyl (C=O) groups is 1. The first-order valence-corrected chi connectivity index (χ1v) is 10.3. The second-order valence-electron chi connectivity index (χ2n) is 6.64. The van der Waals surface area contributed by atoms with Crippen LogP contribution in [-0.2, 0) is 4.79 Å². The molecule has 4 rings (SSSR count). The third kappa shape index (κ3) is 4.38. The van der Waals surface area contributed by atoms with E-state index in [0.29, 0.717) is 11.7 Å². The maximum Gasteiger partial charge on any atom is 0.240 e. The van der Waals surface area contributed by atoms with Gasteiger partial charge in [-0.3, -0.25) is 9.69 Å². The Hall–Kier alpha value is -2.35. The van der Waals surface area contributed by atoms with Crippen LogP contribution in [-0.4, -0.2) is 55.6 Å². The van der Waals surface area contributed by atoms with Crippen molar-refractivity contribution < 1.29 is 9.53 Å². The van der Waals surface area contributed by atoms with E-state index in [2.05, 4.69) is 20.1 Å². The predicted molar refractivity (Wildman–Crippen MR) is 115 cm³/mol. The van der Waals surface area contributed by atoms with E-state index in [9.17, 15) is 4.79 Å². The van der Waals surface area contributed by atoms with Crippen LogP contribution in [0, 0.1) is 0 Å². The number of hydrogen-bond donors (Lipinski definition) is 1. The van der Waals surface area contributed by atoms with Crippen LogP contribution in [0.2, 0.25) is 5.02 Å². The summed E-state index contributed by atoms with van der Waals surface area (Å²) in [5.41, 5.74) is 2.02. The van der Waals surface area contributed by atoms with Gasteiger partial charge in [0.05, 0.1) is 23.9 Å². The van der Waals surface area contributed by atoms with Crippen LogP contribution in [0.15, 0.2) is 42.5 Å². The van der Waals surface area contributed by atoms with Crippen LogP contribution < -0.4 is 15.0 Å². The summed E-state index contributed by atoms with van der Waals surface area (Å²) in [6, 6.07) is 13.6. The zero-order valence-electron chi connectivity index (χ0n) is 15.5. The van der Waals surface area contributed by atoms with Gasteiger partial charge in [-0.2, -0.15) is 0 Å². The molecular formula is C20H21ClN4O2S. The van der Waals surface area contributed by atoms with Crippen molar-refractivity contribution in [2.24, 2.45) is 0 Å². The largest absolute Gasteiger partial charge is 0.497 e. The van der Waals surface area contributed by atoms with E-state index in [1.165, 1.54) is 17.0 Å². The molecule has 146 valence electrons. The fourth-order valence-corrected chi connectivity index (χ4v) is 4.30. The molecule has 1 aliphatic rings. The van der Waals surface area contributed by atoms with Gasteiger partial charge >= 0.3 is 0 Å². The molecule has 1 fully saturated rings. The first-order valence-electron chi connectivity index (χ1n) is 9.08. The Labute approximate surface area is 172 Å². The second-order valence-corrected chi connectivity index (χ2v) is 8.11. The topological polar surface area (TPSA) is 57.7 Å². The van der Waals surface area contributed by atoms with E-state index in [-0.39, 0.29) is 5.91 Å². The Bertz CT molecular complexity index is 968. The lowest BCUT2D eigenvalue weighted by Gasteiger charge is -2.35. The summed E-state index contributed by atoms with van der Waals surface area (Å²) in [5, 5.41) is 4.28. The van der Waals surface area contributed by atoms with Crippen molar-refractivity contribution in [3.8, 4) is 5.75 Å². The lowest BCUT2D eigenvalue weighted by Crippen LogP contribution is -2.48. The van der Waals surface area contributed by atoms with E-state index in [1.54, 1.807) is 7.11 Å². The van der Waals surface area contributed by atoms with Crippen LogP contribution >= 0.6 is 22.9 Å². The number of ether oxygens (including phenoxy) is 1. The minimum atomic E-state index is -0.0361. The zero-order valence-corrected chi connectivity index (χ0v) is 17.1. The Morgan fingerprint density at radius 1 is 1.18 bits per heavy atom. The van der Waals surface area contributed by atoms with E-state index in [1.807, 2.05) is 42.5 Å². The molecule has 6 nitrogen and oxygen atoms in total. The number of hydrogen-bond acceptors (Lipinski definition) is 6. The molecule has 28 heavy (non-hydrogen) atoms. The molecule has 1 N–H and O–H groups in total. The molecule has 0 spiro atoms. The normalized spacial score (nSPS) is 15.0. The number of thiazole rings is 1. The van der Waals surface area contributed by atoms with Crippen molar-refractivity contribution >= 4 is 49.9 Å². The maximum atomic E-state index is 12.4. The Morgan fingerprint density at radius 3 is 2.64 bits per heavy atom. The van der Waals surface area contributed by atoms with Crippen molar-refractivity contribution in [2.75, 3.05) is 50.1 Å². The van der Waals surface area contributed by atoms with Crippen molar-refractivity contribution in [2.45, 2.75) is 0 Å². The highest BCUT2D eigenvalue weighted by Gasteiger charge is 2.20. The average molecular weight is 417 g/mol. The summed E-state index contributed by atoms with van der Waals surface area (Å²) < 4.78 is 6.23.